The van der Waals surface area contributed by atoms with Crippen LogP contribution in [0.3, 0.4) is 0 Å². The molecule has 0 bridgehead atoms. The summed E-state index contributed by atoms with van der Waals surface area (Å²) < 4.78 is 0. The molecule has 0 fully saturated rings. The van der Waals surface area contributed by atoms with Gasteiger partial charge in [-0.1, -0.05) is 18.2 Å². The normalized spacial score (nSPS) is 15.5. The molecule has 1 N–H and O–H groups in total. The van der Waals surface area contributed by atoms with E-state index in [1.807, 2.05) is 44.2 Å². The predicted octanol–water partition coefficient (Wildman–Crippen LogP) is 3.52. The van der Waals surface area contributed by atoms with Gasteiger partial charge in [0.1, 0.15) is 0 Å². The van der Waals surface area contributed by atoms with E-state index in [-0.39, 0.29) is 5.92 Å². The van der Waals surface area contributed by atoms with Gasteiger partial charge in [-0.3, -0.25) is 4.98 Å². The number of para-hydroxylation sites is 1. The van der Waals surface area contributed by atoms with Crippen LogP contribution in [0.5, 0.6) is 0 Å². The summed E-state index contributed by atoms with van der Waals surface area (Å²) in [6.07, 6.45) is 1.73. The number of nitrogens with zero attached hydrogens (tertiary/aromatic N) is 3. The number of dihydropyridines is 1. The maximum absolute atomic E-state index is 9.57. The second-order valence-corrected chi connectivity index (χ2v) is 5.28. The highest BCUT2D eigenvalue weighted by Gasteiger charge is 2.30. The van der Waals surface area contributed by atoms with Crippen molar-refractivity contribution in [2.24, 2.45) is 0 Å². The number of hydrogen-bond donors (Lipinski definition) is 1. The van der Waals surface area contributed by atoms with Gasteiger partial charge < -0.3 is 5.32 Å². The van der Waals surface area contributed by atoms with E-state index in [4.69, 9.17) is 0 Å². The molecule has 22 heavy (non-hydrogen) atoms. The SMILES string of the molecule is CC1=C(C#N)C(c2ccnc3ccccc23)C(C#N)=C(C)N1. The number of benzene rings is 1. The average Bonchev–Trinajstić information content (AvgIpc) is 2.54. The maximum atomic E-state index is 9.57. The van der Waals surface area contributed by atoms with Crippen LogP contribution in [0, 0.1) is 22.7 Å². The van der Waals surface area contributed by atoms with Gasteiger partial charge in [0, 0.05) is 23.0 Å². The molecule has 0 amide bonds. The zero-order chi connectivity index (χ0) is 15.7. The van der Waals surface area contributed by atoms with E-state index < -0.39 is 0 Å². The minimum atomic E-state index is -0.343. The van der Waals surface area contributed by atoms with Crippen molar-refractivity contribution in [1.82, 2.24) is 10.3 Å². The quantitative estimate of drug-likeness (QED) is 0.870. The van der Waals surface area contributed by atoms with Crippen molar-refractivity contribution in [1.29, 1.82) is 10.5 Å². The highest BCUT2D eigenvalue weighted by molar-refractivity contribution is 5.84. The standard InChI is InChI=1S/C18H14N4/c1-11-15(9-19)18(16(10-20)12(2)22-11)14-7-8-21-17-6-4-3-5-13(14)17/h3-8,18,22H,1-2H3. The largest absolute Gasteiger partial charge is 0.361 e. The third-order valence-electron chi connectivity index (χ3n) is 4.00. The summed E-state index contributed by atoms with van der Waals surface area (Å²) in [6.45, 7) is 3.74. The lowest BCUT2D eigenvalue weighted by Gasteiger charge is -2.26. The lowest BCUT2D eigenvalue weighted by atomic mass is 9.80. The van der Waals surface area contributed by atoms with Crippen LogP contribution in [0.25, 0.3) is 10.9 Å². The predicted molar refractivity (Wildman–Crippen MR) is 84.2 cm³/mol. The van der Waals surface area contributed by atoms with E-state index in [1.165, 1.54) is 0 Å². The molecule has 0 unspecified atom stereocenters. The minimum Gasteiger partial charge on any atom is -0.361 e. The van der Waals surface area contributed by atoms with Gasteiger partial charge in [0.05, 0.1) is 34.7 Å². The third-order valence-corrected chi connectivity index (χ3v) is 4.00. The zero-order valence-electron chi connectivity index (χ0n) is 12.4. The van der Waals surface area contributed by atoms with Crippen molar-refractivity contribution in [3.63, 3.8) is 0 Å². The summed E-state index contributed by atoms with van der Waals surface area (Å²) in [5.41, 5.74) is 4.56. The Kier molecular flexibility index (Phi) is 3.37. The van der Waals surface area contributed by atoms with Crippen LogP contribution in [0.1, 0.15) is 25.3 Å². The molecule has 1 aliphatic rings. The van der Waals surface area contributed by atoms with Crippen LogP contribution in [-0.4, -0.2) is 4.98 Å². The number of rotatable bonds is 1. The average molecular weight is 286 g/mol. The lowest BCUT2D eigenvalue weighted by molar-refractivity contribution is 0.817. The smallest absolute Gasteiger partial charge is 0.0975 e. The molecule has 0 saturated heterocycles. The van der Waals surface area contributed by atoms with Gasteiger partial charge in [-0.2, -0.15) is 10.5 Å². The molecule has 1 aliphatic heterocycles. The second kappa shape index (κ2) is 5.35. The summed E-state index contributed by atoms with van der Waals surface area (Å²) in [4.78, 5) is 4.36. The molecular formula is C18H14N4. The Morgan fingerprint density at radius 3 is 2.27 bits per heavy atom. The van der Waals surface area contributed by atoms with Crippen molar-refractivity contribution in [2.45, 2.75) is 19.8 Å². The number of hydrogen-bond acceptors (Lipinski definition) is 4. The first-order valence-electron chi connectivity index (χ1n) is 6.99. The molecule has 3 rings (SSSR count). The second-order valence-electron chi connectivity index (χ2n) is 5.28. The van der Waals surface area contributed by atoms with E-state index in [9.17, 15) is 10.5 Å². The monoisotopic (exact) mass is 286 g/mol. The fraction of sp³-hybridized carbons (Fsp3) is 0.167. The number of nitriles is 2. The lowest BCUT2D eigenvalue weighted by Crippen LogP contribution is -2.23. The van der Waals surface area contributed by atoms with E-state index in [2.05, 4.69) is 22.4 Å². The van der Waals surface area contributed by atoms with Crippen LogP contribution in [0.4, 0.5) is 0 Å². The first-order valence-corrected chi connectivity index (χ1v) is 6.99. The van der Waals surface area contributed by atoms with Gasteiger partial charge in [-0.15, -0.1) is 0 Å². The Bertz CT molecular complexity index is 865. The van der Waals surface area contributed by atoms with Crippen molar-refractivity contribution >= 4 is 10.9 Å². The molecular weight excluding hydrogens is 272 g/mol. The summed E-state index contributed by atoms with van der Waals surface area (Å²) in [5, 5.41) is 23.2. The molecule has 0 saturated carbocycles. The molecule has 1 aromatic heterocycles. The van der Waals surface area contributed by atoms with Crippen LogP contribution >= 0.6 is 0 Å². The minimum absolute atomic E-state index is 0.343. The Balaban J connectivity index is 2.33. The van der Waals surface area contributed by atoms with Crippen LogP contribution in [0.15, 0.2) is 59.1 Å². The first-order chi connectivity index (χ1) is 10.7. The number of fused-ring (bicyclic) bond motifs is 1. The molecule has 106 valence electrons. The maximum Gasteiger partial charge on any atom is 0.0975 e. The van der Waals surface area contributed by atoms with Gasteiger partial charge in [-0.25, -0.2) is 0 Å². The van der Waals surface area contributed by atoms with Crippen molar-refractivity contribution in [3.8, 4) is 12.1 Å². The fourth-order valence-corrected chi connectivity index (χ4v) is 2.97. The molecule has 2 aromatic rings. The molecule has 4 heteroatoms. The summed E-state index contributed by atoms with van der Waals surface area (Å²) in [5.74, 6) is -0.343. The van der Waals surface area contributed by atoms with Gasteiger partial charge in [-0.05, 0) is 31.5 Å². The van der Waals surface area contributed by atoms with Crippen molar-refractivity contribution in [2.75, 3.05) is 0 Å². The first kappa shape index (κ1) is 13.9. The molecule has 2 heterocycles. The van der Waals surface area contributed by atoms with E-state index >= 15 is 0 Å². The van der Waals surface area contributed by atoms with E-state index in [0.29, 0.717) is 11.1 Å². The highest BCUT2D eigenvalue weighted by Crippen LogP contribution is 2.39. The van der Waals surface area contributed by atoms with Crippen molar-refractivity contribution < 1.29 is 0 Å². The molecule has 0 atom stereocenters. The number of allylic oxidation sites excluding steroid dienone is 4. The Morgan fingerprint density at radius 2 is 1.64 bits per heavy atom. The Labute approximate surface area is 129 Å². The molecule has 4 nitrogen and oxygen atoms in total. The summed E-state index contributed by atoms with van der Waals surface area (Å²) in [7, 11) is 0. The topological polar surface area (TPSA) is 72.5 Å². The molecule has 0 radical (unpaired) electrons. The van der Waals surface area contributed by atoms with Gasteiger partial charge in [0.25, 0.3) is 0 Å². The molecule has 0 aliphatic carbocycles. The number of nitrogens with one attached hydrogen (secondary N) is 1. The Hall–Kier alpha value is -3.11. The summed E-state index contributed by atoms with van der Waals surface area (Å²) >= 11 is 0. The van der Waals surface area contributed by atoms with Gasteiger partial charge >= 0.3 is 0 Å². The fourth-order valence-electron chi connectivity index (χ4n) is 2.97. The van der Waals surface area contributed by atoms with E-state index in [1.54, 1.807) is 6.20 Å². The van der Waals surface area contributed by atoms with Gasteiger partial charge in [0.15, 0.2) is 0 Å². The van der Waals surface area contributed by atoms with Crippen molar-refractivity contribution in [3.05, 3.63) is 64.6 Å². The molecule has 0 spiro atoms. The third kappa shape index (κ3) is 2.03. The van der Waals surface area contributed by atoms with Crippen LogP contribution in [0.2, 0.25) is 0 Å². The molecule has 1 aromatic carbocycles. The zero-order valence-corrected chi connectivity index (χ0v) is 12.4. The highest BCUT2D eigenvalue weighted by atomic mass is 14.9. The van der Waals surface area contributed by atoms with Crippen LogP contribution in [-0.2, 0) is 0 Å². The Morgan fingerprint density at radius 1 is 1.00 bits per heavy atom. The van der Waals surface area contributed by atoms with Crippen LogP contribution < -0.4 is 5.32 Å². The summed E-state index contributed by atoms with van der Waals surface area (Å²) in [6, 6.07) is 14.2. The van der Waals surface area contributed by atoms with Gasteiger partial charge in [0.2, 0.25) is 0 Å². The number of aromatic nitrogens is 1. The number of pyridine rings is 1. The van der Waals surface area contributed by atoms with E-state index in [0.717, 1.165) is 27.9 Å².